The molecule has 0 aliphatic rings. The Labute approximate surface area is 87.8 Å². The van der Waals surface area contributed by atoms with Crippen molar-refractivity contribution in [2.45, 2.75) is 13.0 Å². The van der Waals surface area contributed by atoms with Crippen LogP contribution in [0.1, 0.15) is 17.4 Å². The van der Waals surface area contributed by atoms with E-state index in [0.29, 0.717) is 0 Å². The van der Waals surface area contributed by atoms with Gasteiger partial charge in [0.1, 0.15) is 11.5 Å². The Morgan fingerprint density at radius 2 is 2.33 bits per heavy atom. The SMILES string of the molecule is CC(CO)N(C)C(=O)c1cncc(N)n1. The lowest BCUT2D eigenvalue weighted by Gasteiger charge is -2.22. The molecular formula is C9H14N4O2. The minimum absolute atomic E-state index is 0.0992. The van der Waals surface area contributed by atoms with Gasteiger partial charge in [-0.1, -0.05) is 0 Å². The molecule has 15 heavy (non-hydrogen) atoms. The van der Waals surface area contributed by atoms with Crippen LogP contribution >= 0.6 is 0 Å². The molecule has 1 rings (SSSR count). The summed E-state index contributed by atoms with van der Waals surface area (Å²) >= 11 is 0. The van der Waals surface area contributed by atoms with E-state index in [1.807, 2.05) is 0 Å². The summed E-state index contributed by atoms with van der Waals surface area (Å²) in [5, 5.41) is 8.90. The topological polar surface area (TPSA) is 92.3 Å². The van der Waals surface area contributed by atoms with Crippen molar-refractivity contribution < 1.29 is 9.90 Å². The van der Waals surface area contributed by atoms with Gasteiger partial charge in [0, 0.05) is 7.05 Å². The van der Waals surface area contributed by atoms with Gasteiger partial charge in [-0.15, -0.1) is 0 Å². The van der Waals surface area contributed by atoms with Crippen molar-refractivity contribution in [1.29, 1.82) is 0 Å². The molecular weight excluding hydrogens is 196 g/mol. The van der Waals surface area contributed by atoms with Crippen LogP contribution < -0.4 is 5.73 Å². The van der Waals surface area contributed by atoms with Crippen molar-refractivity contribution in [2.75, 3.05) is 19.4 Å². The van der Waals surface area contributed by atoms with Gasteiger partial charge in [0.25, 0.3) is 5.91 Å². The molecule has 1 amide bonds. The Balaban J connectivity index is 2.85. The molecule has 0 bridgehead atoms. The van der Waals surface area contributed by atoms with Gasteiger partial charge in [-0.25, -0.2) is 4.98 Å². The first kappa shape index (κ1) is 11.4. The minimum Gasteiger partial charge on any atom is -0.394 e. The highest BCUT2D eigenvalue weighted by Crippen LogP contribution is 2.04. The lowest BCUT2D eigenvalue weighted by atomic mass is 10.3. The average molecular weight is 210 g/mol. The lowest BCUT2D eigenvalue weighted by Crippen LogP contribution is -2.37. The zero-order valence-electron chi connectivity index (χ0n) is 8.71. The molecule has 6 heteroatoms. The Kier molecular flexibility index (Phi) is 3.56. The molecule has 1 heterocycles. The first-order valence-corrected chi connectivity index (χ1v) is 4.51. The van der Waals surface area contributed by atoms with E-state index in [1.54, 1.807) is 14.0 Å². The molecule has 0 saturated carbocycles. The molecule has 0 saturated heterocycles. The Morgan fingerprint density at radius 3 is 2.87 bits per heavy atom. The number of carbonyl (C=O) groups is 1. The van der Waals surface area contributed by atoms with Gasteiger partial charge in [0.05, 0.1) is 25.0 Å². The largest absolute Gasteiger partial charge is 0.394 e. The molecule has 0 aliphatic heterocycles. The number of likely N-dealkylation sites (N-methyl/N-ethyl adjacent to an activating group) is 1. The third-order valence-electron chi connectivity index (χ3n) is 2.12. The summed E-state index contributed by atoms with van der Waals surface area (Å²) in [4.78, 5) is 20.8. The summed E-state index contributed by atoms with van der Waals surface area (Å²) in [5.74, 6) is -0.109. The number of nitrogen functional groups attached to an aromatic ring is 1. The van der Waals surface area contributed by atoms with Crippen LogP contribution in [0.15, 0.2) is 12.4 Å². The number of aliphatic hydroxyl groups is 1. The highest BCUT2D eigenvalue weighted by Gasteiger charge is 2.18. The van der Waals surface area contributed by atoms with Gasteiger partial charge in [0.2, 0.25) is 0 Å². The van der Waals surface area contributed by atoms with Crippen LogP contribution in [0.2, 0.25) is 0 Å². The Bertz CT molecular complexity index is 356. The second-order valence-corrected chi connectivity index (χ2v) is 3.28. The molecule has 1 aromatic heterocycles. The Morgan fingerprint density at radius 1 is 1.67 bits per heavy atom. The van der Waals surface area contributed by atoms with Crippen molar-refractivity contribution in [2.24, 2.45) is 0 Å². The quantitative estimate of drug-likeness (QED) is 0.702. The highest BCUT2D eigenvalue weighted by molar-refractivity contribution is 5.92. The number of aliphatic hydroxyl groups excluding tert-OH is 1. The number of amides is 1. The highest BCUT2D eigenvalue weighted by atomic mass is 16.3. The lowest BCUT2D eigenvalue weighted by molar-refractivity contribution is 0.0676. The monoisotopic (exact) mass is 210 g/mol. The molecule has 1 unspecified atom stereocenters. The minimum atomic E-state index is -0.309. The maximum Gasteiger partial charge on any atom is 0.274 e. The van der Waals surface area contributed by atoms with Crippen LogP contribution in [0.5, 0.6) is 0 Å². The van der Waals surface area contributed by atoms with Gasteiger partial charge < -0.3 is 15.7 Å². The summed E-state index contributed by atoms with van der Waals surface area (Å²) in [7, 11) is 1.59. The number of anilines is 1. The number of aromatic nitrogens is 2. The maximum atomic E-state index is 11.8. The zero-order chi connectivity index (χ0) is 11.4. The molecule has 0 fully saturated rings. The predicted octanol–water partition coefficient (Wildman–Crippen LogP) is -0.488. The predicted molar refractivity (Wildman–Crippen MR) is 55.1 cm³/mol. The number of nitrogens with two attached hydrogens (primary N) is 1. The number of hydrogen-bond donors (Lipinski definition) is 2. The third-order valence-corrected chi connectivity index (χ3v) is 2.12. The van der Waals surface area contributed by atoms with E-state index in [9.17, 15) is 4.79 Å². The van der Waals surface area contributed by atoms with E-state index < -0.39 is 0 Å². The molecule has 0 radical (unpaired) electrons. The standard InChI is InChI=1S/C9H14N4O2/c1-6(5-14)13(2)9(15)7-3-11-4-8(10)12-7/h3-4,6,14H,5H2,1-2H3,(H2,10,12). The molecule has 3 N–H and O–H groups in total. The number of rotatable bonds is 3. The van der Waals surface area contributed by atoms with Crippen molar-refractivity contribution in [3.63, 3.8) is 0 Å². The summed E-state index contributed by atoms with van der Waals surface area (Å²) in [6.45, 7) is 1.63. The van der Waals surface area contributed by atoms with E-state index >= 15 is 0 Å². The van der Waals surface area contributed by atoms with Crippen LogP contribution in [0.4, 0.5) is 5.82 Å². The number of hydrogen-bond acceptors (Lipinski definition) is 5. The molecule has 0 spiro atoms. The van der Waals surface area contributed by atoms with Gasteiger partial charge in [-0.05, 0) is 6.92 Å². The molecule has 1 aromatic rings. The van der Waals surface area contributed by atoms with E-state index in [0.717, 1.165) is 0 Å². The summed E-state index contributed by atoms with van der Waals surface area (Å²) in [5.41, 5.74) is 5.59. The van der Waals surface area contributed by atoms with Crippen LogP contribution in [-0.4, -0.2) is 45.6 Å². The van der Waals surface area contributed by atoms with Crippen molar-refractivity contribution in [1.82, 2.24) is 14.9 Å². The van der Waals surface area contributed by atoms with Gasteiger partial charge >= 0.3 is 0 Å². The molecule has 1 atom stereocenters. The van der Waals surface area contributed by atoms with Crippen molar-refractivity contribution >= 4 is 11.7 Å². The molecule has 0 aliphatic carbocycles. The summed E-state index contributed by atoms with van der Waals surface area (Å²) < 4.78 is 0. The van der Waals surface area contributed by atoms with E-state index in [4.69, 9.17) is 10.8 Å². The first-order chi connectivity index (χ1) is 7.06. The van der Waals surface area contributed by atoms with Gasteiger partial charge in [0.15, 0.2) is 0 Å². The fourth-order valence-electron chi connectivity index (χ4n) is 0.987. The molecule has 82 valence electrons. The van der Waals surface area contributed by atoms with E-state index in [1.165, 1.54) is 17.3 Å². The third kappa shape index (κ3) is 2.63. The zero-order valence-corrected chi connectivity index (χ0v) is 8.71. The van der Waals surface area contributed by atoms with E-state index in [2.05, 4.69) is 9.97 Å². The van der Waals surface area contributed by atoms with Crippen molar-refractivity contribution in [3.8, 4) is 0 Å². The fraction of sp³-hybridized carbons (Fsp3) is 0.444. The van der Waals surface area contributed by atoms with Crippen LogP contribution in [0, 0.1) is 0 Å². The smallest absolute Gasteiger partial charge is 0.274 e. The van der Waals surface area contributed by atoms with E-state index in [-0.39, 0.29) is 30.1 Å². The van der Waals surface area contributed by atoms with Crippen molar-refractivity contribution in [3.05, 3.63) is 18.1 Å². The number of nitrogens with zero attached hydrogens (tertiary/aromatic N) is 3. The first-order valence-electron chi connectivity index (χ1n) is 4.51. The van der Waals surface area contributed by atoms with Crippen LogP contribution in [-0.2, 0) is 0 Å². The normalized spacial score (nSPS) is 12.2. The number of carbonyl (C=O) groups excluding carboxylic acids is 1. The van der Waals surface area contributed by atoms with Crippen LogP contribution in [0.25, 0.3) is 0 Å². The summed E-state index contributed by atoms with van der Waals surface area (Å²) in [6, 6.07) is -0.263. The average Bonchev–Trinajstić information content (AvgIpc) is 2.26. The summed E-state index contributed by atoms with van der Waals surface area (Å²) in [6.07, 6.45) is 2.71. The Hall–Kier alpha value is -1.69. The second-order valence-electron chi connectivity index (χ2n) is 3.28. The fourth-order valence-corrected chi connectivity index (χ4v) is 0.987. The van der Waals surface area contributed by atoms with Gasteiger partial charge in [-0.2, -0.15) is 0 Å². The molecule has 6 nitrogen and oxygen atoms in total. The maximum absolute atomic E-state index is 11.8. The second kappa shape index (κ2) is 4.70. The molecule has 0 aromatic carbocycles. The van der Waals surface area contributed by atoms with Gasteiger partial charge in [-0.3, -0.25) is 9.78 Å². The van der Waals surface area contributed by atoms with Crippen LogP contribution in [0.3, 0.4) is 0 Å².